The molecule has 1 aliphatic carbocycles. The van der Waals surface area contributed by atoms with E-state index >= 15 is 0 Å². The minimum atomic E-state index is 0.870. The normalized spacial score (nSPS) is 38.2. The molecule has 1 heterocycles. The Labute approximate surface area is 50.5 Å². The average molecular weight is 110 g/mol. The molecule has 1 heteroatoms. The summed E-state index contributed by atoms with van der Waals surface area (Å²) in [5, 5.41) is 3.39. The lowest BCUT2D eigenvalue weighted by molar-refractivity contribution is 0.548. The fourth-order valence-electron chi connectivity index (χ4n) is 1.45. The Balaban J connectivity index is 1.86. The Morgan fingerprint density at radius 2 is 2.12 bits per heavy atom. The maximum atomic E-state index is 3.39. The summed E-state index contributed by atoms with van der Waals surface area (Å²) in [6.45, 7) is 2.21. The molecule has 45 valence electrons. The van der Waals surface area contributed by atoms with Crippen molar-refractivity contribution in [3.63, 3.8) is 0 Å². The summed E-state index contributed by atoms with van der Waals surface area (Å²) in [6.07, 6.45) is 5.64. The Bertz CT molecular complexity index is 80.4. The highest BCUT2D eigenvalue weighted by Gasteiger charge is 2.32. The zero-order chi connectivity index (χ0) is 5.40. The van der Waals surface area contributed by atoms with Gasteiger partial charge in [0.2, 0.25) is 0 Å². The van der Waals surface area contributed by atoms with Gasteiger partial charge in [0.1, 0.15) is 0 Å². The summed E-state index contributed by atoms with van der Waals surface area (Å²) in [7, 11) is 0. The second-order valence-corrected chi connectivity index (χ2v) is 2.89. The highest BCUT2D eigenvalue weighted by molar-refractivity contribution is 4.93. The summed E-state index contributed by atoms with van der Waals surface area (Å²) < 4.78 is 0. The highest BCUT2D eigenvalue weighted by atomic mass is 14.9. The topological polar surface area (TPSA) is 12.0 Å². The molecule has 8 heavy (non-hydrogen) atoms. The van der Waals surface area contributed by atoms with Gasteiger partial charge in [-0.3, -0.25) is 0 Å². The standard InChI is InChI=1S/C7H12N/c1-2-7(8-5-1)6-3-4-6/h5-8H,1-4H2. The maximum absolute atomic E-state index is 3.39. The molecule has 0 aromatic carbocycles. The third-order valence-corrected chi connectivity index (χ3v) is 2.14. The van der Waals surface area contributed by atoms with Crippen LogP contribution in [0.3, 0.4) is 0 Å². The van der Waals surface area contributed by atoms with Gasteiger partial charge < -0.3 is 5.32 Å². The quantitative estimate of drug-likeness (QED) is 0.536. The van der Waals surface area contributed by atoms with E-state index in [1.165, 1.54) is 25.7 Å². The first-order chi connectivity index (χ1) is 3.97. The van der Waals surface area contributed by atoms with Gasteiger partial charge in [0.05, 0.1) is 0 Å². The Kier molecular flexibility index (Phi) is 1.04. The second-order valence-electron chi connectivity index (χ2n) is 2.89. The van der Waals surface area contributed by atoms with Gasteiger partial charge in [-0.25, -0.2) is 0 Å². The highest BCUT2D eigenvalue weighted by Crippen LogP contribution is 2.36. The largest absolute Gasteiger partial charge is 0.309 e. The molecule has 1 nitrogen and oxygen atoms in total. The lowest BCUT2D eigenvalue weighted by Crippen LogP contribution is -2.20. The number of hydrogen-bond acceptors (Lipinski definition) is 1. The van der Waals surface area contributed by atoms with Crippen LogP contribution >= 0.6 is 0 Å². The van der Waals surface area contributed by atoms with E-state index in [9.17, 15) is 0 Å². The molecule has 1 radical (unpaired) electrons. The molecule has 2 fully saturated rings. The van der Waals surface area contributed by atoms with E-state index in [1.807, 2.05) is 0 Å². The van der Waals surface area contributed by atoms with Gasteiger partial charge in [-0.05, 0) is 31.6 Å². The molecular formula is C7H12N. The van der Waals surface area contributed by atoms with Crippen LogP contribution in [-0.2, 0) is 0 Å². The molecule has 0 bridgehead atoms. The van der Waals surface area contributed by atoms with Crippen LogP contribution in [0.2, 0.25) is 0 Å². The molecule has 0 aromatic rings. The van der Waals surface area contributed by atoms with E-state index in [2.05, 4.69) is 11.9 Å². The van der Waals surface area contributed by atoms with Crippen LogP contribution in [0.1, 0.15) is 25.7 Å². The van der Waals surface area contributed by atoms with E-state index in [0.717, 1.165) is 12.0 Å². The molecule has 0 spiro atoms. The lowest BCUT2D eigenvalue weighted by atomic mass is 10.1. The molecule has 1 aliphatic heterocycles. The zero-order valence-corrected chi connectivity index (χ0v) is 5.06. The maximum Gasteiger partial charge on any atom is 0.0224 e. The minimum absolute atomic E-state index is 0.870. The van der Waals surface area contributed by atoms with Gasteiger partial charge >= 0.3 is 0 Å². The average Bonchev–Trinajstić information content (AvgIpc) is 2.49. The fourth-order valence-corrected chi connectivity index (χ4v) is 1.45. The molecule has 1 N–H and O–H groups in total. The van der Waals surface area contributed by atoms with E-state index in [4.69, 9.17) is 0 Å². The first-order valence-corrected chi connectivity index (χ1v) is 3.54. The van der Waals surface area contributed by atoms with E-state index < -0.39 is 0 Å². The summed E-state index contributed by atoms with van der Waals surface area (Å²) >= 11 is 0. The fraction of sp³-hybridized carbons (Fsp3) is 0.857. The van der Waals surface area contributed by atoms with Crippen molar-refractivity contribution in [2.45, 2.75) is 31.7 Å². The van der Waals surface area contributed by atoms with E-state index in [0.29, 0.717) is 0 Å². The molecule has 1 unspecified atom stereocenters. The smallest absolute Gasteiger partial charge is 0.0224 e. The van der Waals surface area contributed by atoms with Crippen molar-refractivity contribution < 1.29 is 0 Å². The van der Waals surface area contributed by atoms with Crippen LogP contribution in [0.15, 0.2) is 0 Å². The van der Waals surface area contributed by atoms with E-state index in [1.54, 1.807) is 0 Å². The van der Waals surface area contributed by atoms with Gasteiger partial charge in [0.15, 0.2) is 0 Å². The molecule has 2 aliphatic rings. The Morgan fingerprint density at radius 3 is 2.62 bits per heavy atom. The predicted octanol–water partition coefficient (Wildman–Crippen LogP) is 1.31. The first-order valence-electron chi connectivity index (χ1n) is 3.54. The van der Waals surface area contributed by atoms with Crippen LogP contribution in [0.4, 0.5) is 0 Å². The Morgan fingerprint density at radius 1 is 1.25 bits per heavy atom. The van der Waals surface area contributed by atoms with Crippen LogP contribution < -0.4 is 5.32 Å². The van der Waals surface area contributed by atoms with Crippen molar-refractivity contribution in [2.24, 2.45) is 5.92 Å². The molecular weight excluding hydrogens is 98.1 g/mol. The molecule has 0 aromatic heterocycles. The van der Waals surface area contributed by atoms with Crippen molar-refractivity contribution in [3.05, 3.63) is 6.54 Å². The van der Waals surface area contributed by atoms with Gasteiger partial charge in [-0.2, -0.15) is 0 Å². The monoisotopic (exact) mass is 110 g/mol. The first kappa shape index (κ1) is 4.80. The van der Waals surface area contributed by atoms with Gasteiger partial charge in [-0.15, -0.1) is 0 Å². The molecule has 2 rings (SSSR count). The van der Waals surface area contributed by atoms with E-state index in [-0.39, 0.29) is 0 Å². The van der Waals surface area contributed by atoms with Crippen LogP contribution in [0, 0.1) is 12.5 Å². The summed E-state index contributed by atoms with van der Waals surface area (Å²) in [5.41, 5.74) is 0. The van der Waals surface area contributed by atoms with Gasteiger partial charge in [0, 0.05) is 12.6 Å². The van der Waals surface area contributed by atoms with Crippen molar-refractivity contribution in [1.82, 2.24) is 5.32 Å². The van der Waals surface area contributed by atoms with Crippen molar-refractivity contribution in [2.75, 3.05) is 0 Å². The van der Waals surface area contributed by atoms with Crippen LogP contribution in [0.5, 0.6) is 0 Å². The summed E-state index contributed by atoms with van der Waals surface area (Å²) in [5.74, 6) is 1.05. The van der Waals surface area contributed by atoms with Gasteiger partial charge in [-0.1, -0.05) is 0 Å². The predicted molar refractivity (Wildman–Crippen MR) is 33.2 cm³/mol. The molecule has 1 saturated carbocycles. The minimum Gasteiger partial charge on any atom is -0.309 e. The molecule has 1 atom stereocenters. The number of hydrogen-bond donors (Lipinski definition) is 1. The van der Waals surface area contributed by atoms with Crippen molar-refractivity contribution >= 4 is 0 Å². The van der Waals surface area contributed by atoms with Crippen molar-refractivity contribution in [3.8, 4) is 0 Å². The second kappa shape index (κ2) is 1.73. The third kappa shape index (κ3) is 0.752. The van der Waals surface area contributed by atoms with Gasteiger partial charge in [0.25, 0.3) is 0 Å². The number of nitrogens with one attached hydrogen (secondary N) is 1. The van der Waals surface area contributed by atoms with Crippen LogP contribution in [-0.4, -0.2) is 6.04 Å². The van der Waals surface area contributed by atoms with Crippen molar-refractivity contribution in [1.29, 1.82) is 0 Å². The summed E-state index contributed by atoms with van der Waals surface area (Å²) in [6, 6.07) is 0.870. The molecule has 0 amide bonds. The lowest BCUT2D eigenvalue weighted by Gasteiger charge is -2.04. The third-order valence-electron chi connectivity index (χ3n) is 2.14. The Hall–Kier alpha value is -0.0400. The van der Waals surface area contributed by atoms with Crippen LogP contribution in [0.25, 0.3) is 0 Å². The summed E-state index contributed by atoms with van der Waals surface area (Å²) in [4.78, 5) is 0. The zero-order valence-electron chi connectivity index (χ0n) is 5.06. The molecule has 1 saturated heterocycles. The number of rotatable bonds is 1. The SMILES string of the molecule is [CH]1CCC(C2CC2)N1.